The maximum absolute atomic E-state index is 12.4. The predicted octanol–water partition coefficient (Wildman–Crippen LogP) is 4.59. The van der Waals surface area contributed by atoms with Gasteiger partial charge in [-0.1, -0.05) is 33.8 Å². The third-order valence-corrected chi connectivity index (χ3v) is 4.08. The number of thiocarbonyl (C=S) groups is 1. The maximum Gasteiger partial charge on any atom is 0.257 e. The third-order valence-electron chi connectivity index (χ3n) is 3.88. The highest BCUT2D eigenvalue weighted by atomic mass is 32.1. The molecule has 2 aromatic rings. The van der Waals surface area contributed by atoms with E-state index in [2.05, 4.69) is 16.0 Å². The zero-order chi connectivity index (χ0) is 21.4. The minimum absolute atomic E-state index is 0.0862. The van der Waals surface area contributed by atoms with Crippen LogP contribution in [0.25, 0.3) is 0 Å². The highest BCUT2D eigenvalue weighted by Gasteiger charge is 2.21. The van der Waals surface area contributed by atoms with Gasteiger partial charge in [0, 0.05) is 22.4 Å². The summed E-state index contributed by atoms with van der Waals surface area (Å²) in [7, 11) is 0. The lowest BCUT2D eigenvalue weighted by atomic mass is 9.95. The Kier molecular flexibility index (Phi) is 7.73. The third kappa shape index (κ3) is 7.19. The minimum atomic E-state index is -0.496. The first kappa shape index (κ1) is 22.4. The molecule has 0 atom stereocenters. The van der Waals surface area contributed by atoms with Crippen molar-refractivity contribution in [3.8, 4) is 5.75 Å². The van der Waals surface area contributed by atoms with Crippen molar-refractivity contribution in [2.75, 3.05) is 17.2 Å². The van der Waals surface area contributed by atoms with Crippen LogP contribution in [0.3, 0.4) is 0 Å². The summed E-state index contributed by atoms with van der Waals surface area (Å²) in [6.45, 7) is 8.20. The zero-order valence-corrected chi connectivity index (χ0v) is 18.0. The van der Waals surface area contributed by atoms with Crippen LogP contribution in [0.5, 0.6) is 5.75 Å². The van der Waals surface area contributed by atoms with Gasteiger partial charge in [-0.3, -0.25) is 14.9 Å². The molecule has 0 aliphatic rings. The van der Waals surface area contributed by atoms with Crippen LogP contribution in [0.2, 0.25) is 0 Å². The Morgan fingerprint density at radius 1 is 1.00 bits per heavy atom. The highest BCUT2D eigenvalue weighted by molar-refractivity contribution is 7.80. The number of amides is 2. The molecule has 0 aromatic heterocycles. The Morgan fingerprint density at radius 2 is 1.62 bits per heavy atom. The van der Waals surface area contributed by atoms with Crippen molar-refractivity contribution in [1.29, 1.82) is 0 Å². The number of carbonyl (C=O) groups is 2. The molecule has 2 rings (SSSR count). The second-order valence-corrected chi connectivity index (χ2v) is 7.97. The van der Waals surface area contributed by atoms with Crippen molar-refractivity contribution >= 4 is 40.5 Å². The molecular formula is C22H27N3O3S. The molecule has 0 fully saturated rings. The van der Waals surface area contributed by atoms with Crippen molar-refractivity contribution in [3.63, 3.8) is 0 Å². The second-order valence-electron chi connectivity index (χ2n) is 7.57. The molecule has 2 amide bonds. The van der Waals surface area contributed by atoms with Crippen molar-refractivity contribution in [1.82, 2.24) is 5.32 Å². The summed E-state index contributed by atoms with van der Waals surface area (Å²) in [4.78, 5) is 24.5. The first-order valence-electron chi connectivity index (χ1n) is 9.46. The second kappa shape index (κ2) is 10.0. The van der Waals surface area contributed by atoms with Crippen LogP contribution in [0, 0.1) is 5.41 Å². The first-order chi connectivity index (χ1) is 13.7. The number of nitrogens with one attached hydrogen (secondary N) is 3. The van der Waals surface area contributed by atoms with E-state index in [1.54, 1.807) is 48.5 Å². The fraction of sp³-hybridized carbons (Fsp3) is 0.318. The van der Waals surface area contributed by atoms with Crippen LogP contribution in [-0.4, -0.2) is 23.5 Å². The summed E-state index contributed by atoms with van der Waals surface area (Å²) < 4.78 is 5.51. The molecule has 7 heteroatoms. The first-order valence-corrected chi connectivity index (χ1v) is 9.86. The number of hydrogen-bond acceptors (Lipinski definition) is 4. The van der Waals surface area contributed by atoms with E-state index in [1.165, 1.54) is 0 Å². The van der Waals surface area contributed by atoms with Gasteiger partial charge in [0.05, 0.1) is 6.61 Å². The minimum Gasteiger partial charge on any atom is -0.494 e. The summed E-state index contributed by atoms with van der Waals surface area (Å²) in [6, 6.07) is 14.0. The lowest BCUT2D eigenvalue weighted by Gasteiger charge is -2.18. The summed E-state index contributed by atoms with van der Waals surface area (Å²) in [5, 5.41) is 8.63. The van der Waals surface area contributed by atoms with Crippen LogP contribution in [0.1, 0.15) is 44.5 Å². The van der Waals surface area contributed by atoms with Gasteiger partial charge in [-0.2, -0.15) is 0 Å². The molecule has 0 radical (unpaired) electrons. The molecule has 0 unspecified atom stereocenters. The maximum atomic E-state index is 12.4. The van der Waals surface area contributed by atoms with Crippen LogP contribution in [0.15, 0.2) is 48.5 Å². The number of carbonyl (C=O) groups excluding carboxylic acids is 2. The van der Waals surface area contributed by atoms with Gasteiger partial charge in [0.25, 0.3) is 5.91 Å². The summed E-state index contributed by atoms with van der Waals surface area (Å²) >= 11 is 5.23. The Labute approximate surface area is 177 Å². The molecule has 154 valence electrons. The fourth-order valence-corrected chi connectivity index (χ4v) is 2.46. The average Bonchev–Trinajstić information content (AvgIpc) is 2.66. The van der Waals surface area contributed by atoms with Crippen molar-refractivity contribution in [2.24, 2.45) is 5.41 Å². The predicted molar refractivity (Wildman–Crippen MR) is 120 cm³/mol. The quantitative estimate of drug-likeness (QED) is 0.604. The Hall–Kier alpha value is -2.93. The van der Waals surface area contributed by atoms with E-state index in [0.29, 0.717) is 23.5 Å². The van der Waals surface area contributed by atoms with E-state index < -0.39 is 5.41 Å². The number of hydrogen-bond donors (Lipinski definition) is 3. The molecular weight excluding hydrogens is 386 g/mol. The van der Waals surface area contributed by atoms with Gasteiger partial charge in [0.2, 0.25) is 5.91 Å². The number of benzene rings is 2. The van der Waals surface area contributed by atoms with Gasteiger partial charge in [-0.25, -0.2) is 0 Å². The average molecular weight is 414 g/mol. The van der Waals surface area contributed by atoms with Gasteiger partial charge < -0.3 is 15.4 Å². The van der Waals surface area contributed by atoms with Gasteiger partial charge in [0.1, 0.15) is 5.75 Å². The highest BCUT2D eigenvalue weighted by Crippen LogP contribution is 2.20. The largest absolute Gasteiger partial charge is 0.494 e. The van der Waals surface area contributed by atoms with Gasteiger partial charge >= 0.3 is 0 Å². The van der Waals surface area contributed by atoms with Crippen molar-refractivity contribution in [2.45, 2.75) is 34.1 Å². The summed E-state index contributed by atoms with van der Waals surface area (Å²) in [6.07, 6.45) is 0.920. The molecule has 0 aliphatic carbocycles. The topological polar surface area (TPSA) is 79.5 Å². The lowest BCUT2D eigenvalue weighted by Crippen LogP contribution is -2.34. The normalized spacial score (nSPS) is 10.8. The van der Waals surface area contributed by atoms with Gasteiger partial charge in [-0.05, 0) is 61.1 Å². The molecule has 0 bridgehead atoms. The molecule has 0 saturated heterocycles. The van der Waals surface area contributed by atoms with Gasteiger partial charge in [0.15, 0.2) is 5.11 Å². The zero-order valence-electron chi connectivity index (χ0n) is 17.2. The Balaban J connectivity index is 1.94. The van der Waals surface area contributed by atoms with Crippen molar-refractivity contribution in [3.05, 3.63) is 54.1 Å². The molecule has 0 saturated carbocycles. The van der Waals surface area contributed by atoms with E-state index in [1.807, 2.05) is 27.7 Å². The van der Waals surface area contributed by atoms with Crippen LogP contribution < -0.4 is 20.7 Å². The Morgan fingerprint density at radius 3 is 2.21 bits per heavy atom. The number of ether oxygens (including phenoxy) is 1. The molecule has 29 heavy (non-hydrogen) atoms. The monoisotopic (exact) mass is 413 g/mol. The van der Waals surface area contributed by atoms with E-state index in [9.17, 15) is 9.59 Å². The van der Waals surface area contributed by atoms with Gasteiger partial charge in [-0.15, -0.1) is 0 Å². The summed E-state index contributed by atoms with van der Waals surface area (Å²) in [5.41, 5.74) is 1.28. The Bertz CT molecular complexity index is 874. The van der Waals surface area contributed by atoms with E-state index >= 15 is 0 Å². The molecule has 0 aliphatic heterocycles. The smallest absolute Gasteiger partial charge is 0.257 e. The van der Waals surface area contributed by atoms with Crippen LogP contribution in [-0.2, 0) is 4.79 Å². The standard InChI is InChI=1S/C22H27N3O3S/c1-5-13-28-18-11-9-15(10-12-18)19(26)25-21(29)24-17-8-6-7-16(14-17)23-20(27)22(2,3)4/h6-12,14H,5,13H2,1-4H3,(H,23,27)(H2,24,25,26,29). The van der Waals surface area contributed by atoms with E-state index in [0.717, 1.165) is 12.2 Å². The number of rotatable bonds is 6. The van der Waals surface area contributed by atoms with Crippen molar-refractivity contribution < 1.29 is 14.3 Å². The summed E-state index contributed by atoms with van der Waals surface area (Å²) in [5.74, 6) is 0.317. The van der Waals surface area contributed by atoms with E-state index in [-0.39, 0.29) is 16.9 Å². The lowest BCUT2D eigenvalue weighted by molar-refractivity contribution is -0.123. The van der Waals surface area contributed by atoms with Crippen LogP contribution >= 0.6 is 12.2 Å². The molecule has 6 nitrogen and oxygen atoms in total. The molecule has 0 spiro atoms. The molecule has 2 aromatic carbocycles. The molecule has 0 heterocycles. The SMILES string of the molecule is CCCOc1ccc(C(=O)NC(=S)Nc2cccc(NC(=O)C(C)(C)C)c2)cc1. The van der Waals surface area contributed by atoms with E-state index in [4.69, 9.17) is 17.0 Å². The van der Waals surface area contributed by atoms with Crippen LogP contribution in [0.4, 0.5) is 11.4 Å². The number of anilines is 2. The fourth-order valence-electron chi connectivity index (χ4n) is 2.25. The molecule has 3 N–H and O–H groups in total.